The van der Waals surface area contributed by atoms with Gasteiger partial charge < -0.3 is 9.47 Å². The van der Waals surface area contributed by atoms with E-state index in [9.17, 15) is 4.79 Å². The predicted molar refractivity (Wildman–Crippen MR) is 77.9 cm³/mol. The molecule has 0 fully saturated rings. The lowest BCUT2D eigenvalue weighted by atomic mass is 9.95. The minimum Gasteiger partial charge on any atom is -0.492 e. The molecular weight excluding hydrogens is 252 g/mol. The Balaban J connectivity index is 2.17. The molecule has 0 aromatic heterocycles. The molecule has 1 atom stereocenters. The van der Waals surface area contributed by atoms with Gasteiger partial charge in [0.05, 0.1) is 7.11 Å². The van der Waals surface area contributed by atoms with Crippen LogP contribution >= 0.6 is 0 Å². The van der Waals surface area contributed by atoms with Gasteiger partial charge in [0, 0.05) is 0 Å². The Hall–Kier alpha value is -2.29. The number of benzene rings is 2. The molecule has 0 amide bonds. The van der Waals surface area contributed by atoms with Crippen LogP contribution in [0.1, 0.15) is 17.0 Å². The summed E-state index contributed by atoms with van der Waals surface area (Å²) in [6.07, 6.45) is 0. The molecular formula is C17H18O3. The highest BCUT2D eigenvalue weighted by atomic mass is 16.5. The van der Waals surface area contributed by atoms with Crippen LogP contribution in [0.4, 0.5) is 0 Å². The number of carbonyl (C=O) groups excluding carboxylic acids is 1. The van der Waals surface area contributed by atoms with Crippen molar-refractivity contribution in [2.24, 2.45) is 0 Å². The van der Waals surface area contributed by atoms with Gasteiger partial charge in [0.25, 0.3) is 0 Å². The predicted octanol–water partition coefficient (Wildman–Crippen LogP) is 3.33. The Bertz CT molecular complexity index is 563. The summed E-state index contributed by atoms with van der Waals surface area (Å²) in [5.41, 5.74) is 2.00. The SMILES string of the molecule is COC(=O)C(COc1ccccc1)c1ccccc1C. The maximum atomic E-state index is 12.0. The van der Waals surface area contributed by atoms with Gasteiger partial charge in [0.2, 0.25) is 0 Å². The van der Waals surface area contributed by atoms with Crippen LogP contribution in [-0.4, -0.2) is 19.7 Å². The normalized spacial score (nSPS) is 11.7. The largest absolute Gasteiger partial charge is 0.492 e. The van der Waals surface area contributed by atoms with Gasteiger partial charge in [-0.25, -0.2) is 0 Å². The van der Waals surface area contributed by atoms with Crippen molar-refractivity contribution in [2.75, 3.05) is 13.7 Å². The standard InChI is InChI=1S/C17H18O3/c1-13-8-6-7-11-15(13)16(17(18)19-2)12-20-14-9-4-3-5-10-14/h3-11,16H,12H2,1-2H3. The number of para-hydroxylation sites is 1. The van der Waals surface area contributed by atoms with Gasteiger partial charge in [0.1, 0.15) is 18.3 Å². The maximum absolute atomic E-state index is 12.0. The molecule has 3 heteroatoms. The van der Waals surface area contributed by atoms with Gasteiger partial charge in [0.15, 0.2) is 0 Å². The summed E-state index contributed by atoms with van der Waals surface area (Å²) in [5.74, 6) is 0.0478. The molecule has 0 saturated carbocycles. The summed E-state index contributed by atoms with van der Waals surface area (Å²) in [4.78, 5) is 12.0. The van der Waals surface area contributed by atoms with E-state index >= 15 is 0 Å². The van der Waals surface area contributed by atoms with E-state index < -0.39 is 5.92 Å². The lowest BCUT2D eigenvalue weighted by Crippen LogP contribution is -2.22. The molecule has 3 nitrogen and oxygen atoms in total. The molecule has 0 aliphatic carbocycles. The summed E-state index contributed by atoms with van der Waals surface area (Å²) < 4.78 is 10.6. The zero-order valence-corrected chi connectivity index (χ0v) is 11.7. The van der Waals surface area contributed by atoms with Gasteiger partial charge in [-0.15, -0.1) is 0 Å². The average molecular weight is 270 g/mol. The van der Waals surface area contributed by atoms with Crippen molar-refractivity contribution in [3.05, 3.63) is 65.7 Å². The van der Waals surface area contributed by atoms with Crippen molar-refractivity contribution in [1.82, 2.24) is 0 Å². The van der Waals surface area contributed by atoms with Gasteiger partial charge in [-0.2, -0.15) is 0 Å². The van der Waals surface area contributed by atoms with E-state index in [2.05, 4.69) is 0 Å². The summed E-state index contributed by atoms with van der Waals surface area (Å²) in [6, 6.07) is 17.2. The van der Waals surface area contributed by atoms with Crippen LogP contribution < -0.4 is 4.74 Å². The Morgan fingerprint density at radius 3 is 2.35 bits per heavy atom. The lowest BCUT2D eigenvalue weighted by molar-refractivity contribution is -0.143. The first kappa shape index (κ1) is 14.1. The Labute approximate surface area is 119 Å². The molecule has 0 aliphatic rings. The number of hydrogen-bond acceptors (Lipinski definition) is 3. The van der Waals surface area contributed by atoms with Crippen LogP contribution in [0.5, 0.6) is 5.75 Å². The molecule has 0 radical (unpaired) electrons. The minimum atomic E-state index is -0.415. The van der Waals surface area contributed by atoms with E-state index in [0.29, 0.717) is 0 Å². The zero-order valence-electron chi connectivity index (χ0n) is 11.7. The molecule has 0 spiro atoms. The molecule has 0 heterocycles. The summed E-state index contributed by atoms with van der Waals surface area (Å²) in [6.45, 7) is 2.25. The first-order valence-electron chi connectivity index (χ1n) is 6.53. The third-order valence-electron chi connectivity index (χ3n) is 3.21. The second-order valence-electron chi connectivity index (χ2n) is 4.56. The van der Waals surface area contributed by atoms with Crippen LogP contribution in [0.3, 0.4) is 0 Å². The number of ether oxygens (including phenoxy) is 2. The van der Waals surface area contributed by atoms with Crippen molar-refractivity contribution in [1.29, 1.82) is 0 Å². The number of methoxy groups -OCH3 is 1. The number of aryl methyl sites for hydroxylation is 1. The molecule has 20 heavy (non-hydrogen) atoms. The molecule has 0 aliphatic heterocycles. The highest BCUT2D eigenvalue weighted by Crippen LogP contribution is 2.22. The Morgan fingerprint density at radius 1 is 1.05 bits per heavy atom. The second-order valence-corrected chi connectivity index (χ2v) is 4.56. The summed E-state index contributed by atoms with van der Waals surface area (Å²) in [7, 11) is 1.40. The first-order valence-corrected chi connectivity index (χ1v) is 6.53. The number of esters is 1. The third-order valence-corrected chi connectivity index (χ3v) is 3.21. The fourth-order valence-electron chi connectivity index (χ4n) is 2.10. The van der Waals surface area contributed by atoms with Crippen LogP contribution in [0.2, 0.25) is 0 Å². The van der Waals surface area contributed by atoms with Gasteiger partial charge >= 0.3 is 5.97 Å². The minimum absolute atomic E-state index is 0.265. The van der Waals surface area contributed by atoms with E-state index in [4.69, 9.17) is 9.47 Å². The van der Waals surface area contributed by atoms with E-state index in [1.165, 1.54) is 7.11 Å². The molecule has 2 aromatic carbocycles. The zero-order chi connectivity index (χ0) is 14.4. The van der Waals surface area contributed by atoms with E-state index in [1.807, 2.05) is 61.5 Å². The fraction of sp³-hybridized carbons (Fsp3) is 0.235. The Kier molecular flexibility index (Phi) is 4.77. The molecule has 2 aromatic rings. The molecule has 0 saturated heterocycles. The van der Waals surface area contributed by atoms with Crippen LogP contribution in [0.25, 0.3) is 0 Å². The van der Waals surface area contributed by atoms with Crippen LogP contribution in [0, 0.1) is 6.92 Å². The third kappa shape index (κ3) is 3.38. The monoisotopic (exact) mass is 270 g/mol. The average Bonchev–Trinajstić information content (AvgIpc) is 2.50. The molecule has 2 rings (SSSR count). The van der Waals surface area contributed by atoms with Crippen molar-refractivity contribution < 1.29 is 14.3 Å². The number of hydrogen-bond donors (Lipinski definition) is 0. The van der Waals surface area contributed by atoms with E-state index in [1.54, 1.807) is 0 Å². The summed E-state index contributed by atoms with van der Waals surface area (Å²) >= 11 is 0. The highest BCUT2D eigenvalue weighted by Gasteiger charge is 2.23. The molecule has 1 unspecified atom stereocenters. The van der Waals surface area contributed by atoms with Crippen molar-refractivity contribution >= 4 is 5.97 Å². The van der Waals surface area contributed by atoms with Crippen molar-refractivity contribution in [3.63, 3.8) is 0 Å². The lowest BCUT2D eigenvalue weighted by Gasteiger charge is -2.17. The second kappa shape index (κ2) is 6.75. The fourth-order valence-corrected chi connectivity index (χ4v) is 2.10. The van der Waals surface area contributed by atoms with Crippen LogP contribution in [-0.2, 0) is 9.53 Å². The van der Waals surface area contributed by atoms with Gasteiger partial charge in [-0.05, 0) is 30.2 Å². The topological polar surface area (TPSA) is 35.5 Å². The first-order chi connectivity index (χ1) is 9.72. The molecule has 104 valence electrons. The van der Waals surface area contributed by atoms with Crippen molar-refractivity contribution in [2.45, 2.75) is 12.8 Å². The number of carbonyl (C=O) groups is 1. The van der Waals surface area contributed by atoms with Gasteiger partial charge in [-0.1, -0.05) is 42.5 Å². The Morgan fingerprint density at radius 2 is 1.70 bits per heavy atom. The number of rotatable bonds is 5. The van der Waals surface area contributed by atoms with E-state index in [-0.39, 0.29) is 12.6 Å². The quantitative estimate of drug-likeness (QED) is 0.782. The smallest absolute Gasteiger partial charge is 0.316 e. The highest BCUT2D eigenvalue weighted by molar-refractivity contribution is 5.78. The van der Waals surface area contributed by atoms with Crippen molar-refractivity contribution in [3.8, 4) is 5.75 Å². The van der Waals surface area contributed by atoms with Gasteiger partial charge in [-0.3, -0.25) is 4.79 Å². The molecule has 0 bridgehead atoms. The van der Waals surface area contributed by atoms with Crippen LogP contribution in [0.15, 0.2) is 54.6 Å². The maximum Gasteiger partial charge on any atom is 0.316 e. The van der Waals surface area contributed by atoms with E-state index in [0.717, 1.165) is 16.9 Å². The summed E-state index contributed by atoms with van der Waals surface area (Å²) in [5, 5.41) is 0. The molecule has 0 N–H and O–H groups in total.